The third kappa shape index (κ3) is 11.1. The molecule has 72 heavy (non-hydrogen) atoms. The van der Waals surface area contributed by atoms with Crippen LogP contribution in [0.25, 0.3) is 17.0 Å². The molecule has 4 N–H and O–H groups in total. The van der Waals surface area contributed by atoms with Crippen molar-refractivity contribution in [1.29, 1.82) is 0 Å². The van der Waals surface area contributed by atoms with Gasteiger partial charge in [0.2, 0.25) is 11.8 Å². The molecule has 3 aliphatic heterocycles. The lowest BCUT2D eigenvalue weighted by atomic mass is 9.87. The van der Waals surface area contributed by atoms with Crippen LogP contribution in [-0.4, -0.2) is 113 Å². The molecule has 3 fully saturated rings. The summed E-state index contributed by atoms with van der Waals surface area (Å²) in [6.45, 7) is 19.9. The van der Waals surface area contributed by atoms with Crippen molar-refractivity contribution in [2.45, 2.75) is 129 Å². The van der Waals surface area contributed by atoms with Crippen LogP contribution in [0.2, 0.25) is 0 Å². The van der Waals surface area contributed by atoms with Crippen LogP contribution in [0.15, 0.2) is 97.5 Å². The maximum atomic E-state index is 14.0. The molecule has 0 unspecified atom stereocenters. The van der Waals surface area contributed by atoms with E-state index in [9.17, 15) is 19.2 Å². The molecular formula is C57H77N9O6. The zero-order chi connectivity index (χ0) is 52.2. The quantitative estimate of drug-likeness (QED) is 0.104. The van der Waals surface area contributed by atoms with E-state index in [0.29, 0.717) is 24.5 Å². The van der Waals surface area contributed by atoms with Crippen LogP contribution in [0.4, 0.5) is 15.3 Å². The van der Waals surface area contributed by atoms with Crippen molar-refractivity contribution in [3.63, 3.8) is 0 Å². The number of methoxy groups -OCH3 is 2. The van der Waals surface area contributed by atoms with Gasteiger partial charge in [-0.1, -0.05) is 116 Å². The van der Waals surface area contributed by atoms with Crippen molar-refractivity contribution in [2.24, 2.45) is 17.6 Å². The number of imidazole rings is 1. The smallest absolute Gasteiger partial charge is 0.409 e. The third-order valence-electron chi connectivity index (χ3n) is 15.0. The summed E-state index contributed by atoms with van der Waals surface area (Å²) >= 11 is 0. The van der Waals surface area contributed by atoms with Gasteiger partial charge in [0.1, 0.15) is 17.9 Å². The molecule has 0 aliphatic carbocycles. The topological polar surface area (TPSA) is 170 Å². The van der Waals surface area contributed by atoms with Gasteiger partial charge in [-0.3, -0.25) is 19.4 Å². The molecule has 0 spiro atoms. The number of amides is 4. The van der Waals surface area contributed by atoms with E-state index in [4.69, 9.17) is 20.2 Å². The summed E-state index contributed by atoms with van der Waals surface area (Å²) in [4.78, 5) is 70.2. The van der Waals surface area contributed by atoms with Gasteiger partial charge in [-0.15, -0.1) is 0 Å². The Morgan fingerprint density at radius 1 is 0.750 bits per heavy atom. The van der Waals surface area contributed by atoms with Gasteiger partial charge in [-0.2, -0.15) is 0 Å². The van der Waals surface area contributed by atoms with Crippen molar-refractivity contribution in [1.82, 2.24) is 34.9 Å². The second-order valence-electron chi connectivity index (χ2n) is 21.4. The predicted octanol–water partition coefficient (Wildman–Crippen LogP) is 9.92. The van der Waals surface area contributed by atoms with Crippen LogP contribution in [0.3, 0.4) is 0 Å². The standard InChI is InChI=1S/C57H77N9O6/c1-35(2)50(62(9)55(69)71-11)53(67)64-31-13-15-46(64)37(5)59-33-44(58)38-17-21-40(22-18-38)47-29-30-48(66(47)43-27-25-42(26-28-43)57(6,7)8)41-23-19-39(20-24-41)45-34-60-52(61-45)49-16-14-32-65(49)54(68)51(36(3)4)63(10)56(70)72-12/h17-28,33-36,46-51,59H,5,13-16,29-32,58H2,1-4,6-12H3,(H,60,61)/b44-33-/t46-,47+,48+,49-,50-,51-/m0/s1. The van der Waals surface area contributed by atoms with Crippen molar-refractivity contribution >= 4 is 35.4 Å². The fraction of sp³-hybridized carbons (Fsp3) is 0.491. The van der Waals surface area contributed by atoms with Gasteiger partial charge < -0.3 is 40.2 Å². The van der Waals surface area contributed by atoms with E-state index in [0.717, 1.165) is 66.9 Å². The summed E-state index contributed by atoms with van der Waals surface area (Å²) in [5.41, 5.74) is 15.4. The Morgan fingerprint density at radius 3 is 1.79 bits per heavy atom. The number of aromatic nitrogens is 2. The average molecular weight is 984 g/mol. The van der Waals surface area contributed by atoms with Crippen molar-refractivity contribution < 1.29 is 28.7 Å². The summed E-state index contributed by atoms with van der Waals surface area (Å²) in [6, 6.07) is 24.7. The van der Waals surface area contributed by atoms with Crippen molar-refractivity contribution in [3.05, 3.63) is 126 Å². The lowest BCUT2D eigenvalue weighted by Crippen LogP contribution is -2.53. The first-order valence-corrected chi connectivity index (χ1v) is 25.5. The van der Waals surface area contributed by atoms with Crippen molar-refractivity contribution in [3.8, 4) is 11.3 Å². The molecule has 6 atom stereocenters. The summed E-state index contributed by atoms with van der Waals surface area (Å²) in [6.07, 6.45) is 7.71. The molecule has 7 rings (SSSR count). The number of carbonyl (C=O) groups excluding carboxylic acids is 4. The van der Waals surface area contributed by atoms with Crippen LogP contribution in [0, 0.1) is 11.8 Å². The van der Waals surface area contributed by atoms with Crippen LogP contribution < -0.4 is 16.0 Å². The highest BCUT2D eigenvalue weighted by Gasteiger charge is 2.42. The van der Waals surface area contributed by atoms with E-state index >= 15 is 0 Å². The molecule has 386 valence electrons. The lowest BCUT2D eigenvalue weighted by Gasteiger charge is -2.35. The molecule has 4 aromatic rings. The highest BCUT2D eigenvalue weighted by molar-refractivity contribution is 5.87. The summed E-state index contributed by atoms with van der Waals surface area (Å²) in [7, 11) is 5.87. The Bertz CT molecular complexity index is 2580. The molecule has 0 bridgehead atoms. The minimum Gasteiger partial charge on any atom is -0.453 e. The predicted molar refractivity (Wildman–Crippen MR) is 283 cm³/mol. The van der Waals surface area contributed by atoms with Crippen molar-refractivity contribution in [2.75, 3.05) is 46.3 Å². The fourth-order valence-electron chi connectivity index (χ4n) is 11.1. The number of hydrogen-bond acceptors (Lipinski definition) is 10. The summed E-state index contributed by atoms with van der Waals surface area (Å²) < 4.78 is 9.89. The number of likely N-dealkylation sites (tertiary alicyclic amines) is 2. The largest absolute Gasteiger partial charge is 0.453 e. The van der Waals surface area contributed by atoms with Gasteiger partial charge >= 0.3 is 12.2 Å². The first kappa shape index (κ1) is 53.0. The first-order valence-electron chi connectivity index (χ1n) is 25.5. The minimum absolute atomic E-state index is 0.0194. The molecular weight excluding hydrogens is 907 g/mol. The molecule has 1 aromatic heterocycles. The van der Waals surface area contributed by atoms with E-state index < -0.39 is 24.3 Å². The molecule has 15 heteroatoms. The molecule has 15 nitrogen and oxygen atoms in total. The number of anilines is 1. The zero-order valence-electron chi connectivity index (χ0n) is 44.3. The molecule has 4 heterocycles. The molecule has 3 aliphatic rings. The van der Waals surface area contributed by atoms with E-state index in [-0.39, 0.29) is 53.2 Å². The fourth-order valence-corrected chi connectivity index (χ4v) is 11.1. The number of nitrogens with two attached hydrogens (primary N) is 1. The molecule has 3 saturated heterocycles. The monoisotopic (exact) mass is 984 g/mol. The van der Waals surface area contributed by atoms with E-state index in [1.54, 1.807) is 20.3 Å². The number of nitrogens with zero attached hydrogens (tertiary/aromatic N) is 6. The van der Waals surface area contributed by atoms with E-state index in [2.05, 4.69) is 115 Å². The van der Waals surface area contributed by atoms with E-state index in [1.807, 2.05) is 43.7 Å². The highest BCUT2D eigenvalue weighted by Crippen LogP contribution is 2.48. The Balaban J connectivity index is 1.07. The molecule has 4 amide bonds. The van der Waals surface area contributed by atoms with Crippen LogP contribution in [0.5, 0.6) is 0 Å². The second-order valence-corrected chi connectivity index (χ2v) is 21.4. The second kappa shape index (κ2) is 22.3. The normalized spacial score (nSPS) is 20.2. The number of likely N-dealkylation sites (N-methyl/N-ethyl adjacent to an activating group) is 2. The van der Waals surface area contributed by atoms with Crippen LogP contribution >= 0.6 is 0 Å². The van der Waals surface area contributed by atoms with Gasteiger partial charge in [0.15, 0.2) is 0 Å². The average Bonchev–Trinajstić information content (AvgIpc) is 4.22. The SMILES string of the molecule is C=C(N/C=C(\N)c1ccc([C@H]2CC[C@H](c3ccc(-c4c[nH]c([C@@H]5CCCN5C(=O)[C@H](C(C)C)N(C)C(=O)OC)n4)cc3)N2c2ccc(C(C)(C)C)cc2)cc1)[C@@H]1CCCN1C(=O)[C@H](C(C)C)N(C)C(=O)OC. The minimum atomic E-state index is -0.661. The molecule has 0 saturated carbocycles. The number of ether oxygens (including phenoxy) is 2. The summed E-state index contributed by atoms with van der Waals surface area (Å²) in [5.74, 6) is 0.295. The van der Waals surface area contributed by atoms with Crippen LogP contribution in [0.1, 0.15) is 133 Å². The van der Waals surface area contributed by atoms with Gasteiger partial charge in [-0.25, -0.2) is 14.6 Å². The van der Waals surface area contributed by atoms with Gasteiger partial charge in [-0.05, 0) is 90.2 Å². The molecule has 0 radical (unpaired) electrons. The number of H-pyrrole nitrogens is 1. The maximum absolute atomic E-state index is 14.0. The van der Waals surface area contributed by atoms with Gasteiger partial charge in [0.05, 0.1) is 49.8 Å². The Labute approximate surface area is 426 Å². The number of nitrogens with one attached hydrogen (secondary N) is 2. The maximum Gasteiger partial charge on any atom is 0.409 e. The van der Waals surface area contributed by atoms with E-state index in [1.165, 1.54) is 40.7 Å². The summed E-state index contributed by atoms with van der Waals surface area (Å²) in [5, 5.41) is 3.30. The number of hydrogen-bond donors (Lipinski definition) is 3. The number of carbonyl (C=O) groups is 4. The zero-order valence-corrected chi connectivity index (χ0v) is 44.3. The Kier molecular flexibility index (Phi) is 16.5. The first-order chi connectivity index (χ1) is 34.2. The van der Waals surface area contributed by atoms with Gasteiger partial charge in [0, 0.05) is 56.5 Å². The number of benzene rings is 3. The van der Waals surface area contributed by atoms with Gasteiger partial charge in [0.25, 0.3) is 0 Å². The Morgan fingerprint density at radius 2 is 1.26 bits per heavy atom. The van der Waals surface area contributed by atoms with Crippen LogP contribution in [-0.2, 0) is 24.5 Å². The Hall–Kier alpha value is -6.77. The number of rotatable bonds is 15. The third-order valence-corrected chi connectivity index (χ3v) is 15.0. The highest BCUT2D eigenvalue weighted by atomic mass is 16.5. The number of aromatic amines is 1. The molecule has 3 aromatic carbocycles. The lowest BCUT2D eigenvalue weighted by molar-refractivity contribution is -0.139.